The standard InChI is InChI=1S/C19H19F2N5S/c1-27-19-23-9-12(10-24-19)8-22-17-3-2-4-18-16(17)11-25-26(18)15-6-13(20)5-14(21)7-15/h5-7,9-11,17,22H,2-4,8H2,1H3. The molecule has 3 aromatic rings. The lowest BCUT2D eigenvalue weighted by Gasteiger charge is -2.24. The van der Waals surface area contributed by atoms with E-state index in [-0.39, 0.29) is 6.04 Å². The Labute approximate surface area is 160 Å². The molecule has 5 nitrogen and oxygen atoms in total. The van der Waals surface area contributed by atoms with Crippen LogP contribution < -0.4 is 5.32 Å². The Morgan fingerprint density at radius 1 is 1.15 bits per heavy atom. The number of hydrogen-bond acceptors (Lipinski definition) is 5. The van der Waals surface area contributed by atoms with Crippen LogP contribution in [0.5, 0.6) is 0 Å². The van der Waals surface area contributed by atoms with Crippen LogP contribution in [0.15, 0.2) is 41.9 Å². The molecule has 8 heteroatoms. The van der Waals surface area contributed by atoms with Crippen molar-refractivity contribution < 1.29 is 8.78 Å². The van der Waals surface area contributed by atoms with Gasteiger partial charge in [-0.15, -0.1) is 0 Å². The maximum absolute atomic E-state index is 13.6. The summed E-state index contributed by atoms with van der Waals surface area (Å²) in [6.45, 7) is 0.651. The molecule has 2 heterocycles. The van der Waals surface area contributed by atoms with Crippen molar-refractivity contribution >= 4 is 11.8 Å². The van der Waals surface area contributed by atoms with E-state index >= 15 is 0 Å². The number of halogens is 2. The van der Waals surface area contributed by atoms with E-state index < -0.39 is 11.6 Å². The molecule has 0 fully saturated rings. The van der Waals surface area contributed by atoms with Gasteiger partial charge in [0.05, 0.1) is 11.9 Å². The number of benzene rings is 1. The Kier molecular flexibility index (Phi) is 5.18. The summed E-state index contributed by atoms with van der Waals surface area (Å²) in [5.74, 6) is -1.21. The van der Waals surface area contributed by atoms with Crippen LogP contribution >= 0.6 is 11.8 Å². The van der Waals surface area contributed by atoms with Crippen LogP contribution in [0.1, 0.15) is 35.7 Å². The van der Waals surface area contributed by atoms with E-state index in [0.29, 0.717) is 12.2 Å². The fourth-order valence-corrected chi connectivity index (χ4v) is 3.75. The number of thioether (sulfide) groups is 1. The average Bonchev–Trinajstić information content (AvgIpc) is 3.11. The highest BCUT2D eigenvalue weighted by molar-refractivity contribution is 7.98. The van der Waals surface area contributed by atoms with Gasteiger partial charge in [-0.25, -0.2) is 23.4 Å². The van der Waals surface area contributed by atoms with Crippen molar-refractivity contribution in [2.45, 2.75) is 37.0 Å². The van der Waals surface area contributed by atoms with Crippen molar-refractivity contribution in [1.29, 1.82) is 0 Å². The number of rotatable bonds is 5. The normalized spacial score (nSPS) is 16.3. The summed E-state index contributed by atoms with van der Waals surface area (Å²) >= 11 is 1.51. The van der Waals surface area contributed by atoms with Gasteiger partial charge in [0.15, 0.2) is 5.16 Å². The molecule has 4 rings (SSSR count). The second-order valence-corrected chi connectivity index (χ2v) is 7.26. The summed E-state index contributed by atoms with van der Waals surface area (Å²) in [6.07, 6.45) is 10.2. The Balaban J connectivity index is 1.54. The van der Waals surface area contributed by atoms with Crippen molar-refractivity contribution in [2.24, 2.45) is 0 Å². The van der Waals surface area contributed by atoms with E-state index in [1.165, 1.54) is 23.9 Å². The SMILES string of the molecule is CSc1ncc(CNC2CCCc3c2cnn3-c2cc(F)cc(F)c2)cn1. The van der Waals surface area contributed by atoms with Gasteiger partial charge in [0.1, 0.15) is 11.6 Å². The summed E-state index contributed by atoms with van der Waals surface area (Å²) in [5.41, 5.74) is 3.50. The Hall–Kier alpha value is -2.32. The van der Waals surface area contributed by atoms with Crippen molar-refractivity contribution in [2.75, 3.05) is 6.26 Å². The molecule has 27 heavy (non-hydrogen) atoms. The lowest BCUT2D eigenvalue weighted by molar-refractivity contribution is 0.453. The Bertz CT molecular complexity index is 922. The van der Waals surface area contributed by atoms with Gasteiger partial charge < -0.3 is 5.32 Å². The van der Waals surface area contributed by atoms with Gasteiger partial charge >= 0.3 is 0 Å². The van der Waals surface area contributed by atoms with E-state index in [2.05, 4.69) is 20.4 Å². The molecule has 2 aromatic heterocycles. The van der Waals surface area contributed by atoms with Crippen LogP contribution in [-0.2, 0) is 13.0 Å². The minimum Gasteiger partial charge on any atom is -0.306 e. The Morgan fingerprint density at radius 3 is 2.59 bits per heavy atom. The molecule has 0 spiro atoms. The third-order valence-corrected chi connectivity index (χ3v) is 5.27. The molecule has 1 unspecified atom stereocenters. The molecule has 1 aliphatic carbocycles. The molecule has 1 aliphatic rings. The second kappa shape index (κ2) is 7.74. The lowest BCUT2D eigenvalue weighted by Crippen LogP contribution is -2.25. The molecule has 1 atom stereocenters. The van der Waals surface area contributed by atoms with Gasteiger partial charge in [-0.05, 0) is 37.7 Å². The molecule has 140 valence electrons. The molecular weight excluding hydrogens is 368 g/mol. The molecule has 0 saturated carbocycles. The maximum atomic E-state index is 13.6. The third kappa shape index (κ3) is 3.86. The van der Waals surface area contributed by atoms with Gasteiger partial charge in [-0.3, -0.25) is 0 Å². The summed E-state index contributed by atoms with van der Waals surface area (Å²) in [4.78, 5) is 8.58. The monoisotopic (exact) mass is 387 g/mol. The first-order valence-electron chi connectivity index (χ1n) is 8.75. The molecule has 0 saturated heterocycles. The molecular formula is C19H19F2N5S. The van der Waals surface area contributed by atoms with Gasteiger partial charge in [0, 0.05) is 47.9 Å². The smallest absolute Gasteiger partial charge is 0.187 e. The first kappa shape index (κ1) is 18.1. The predicted octanol–water partition coefficient (Wildman–Crippen LogP) is 3.83. The van der Waals surface area contributed by atoms with Crippen LogP contribution in [0.3, 0.4) is 0 Å². The van der Waals surface area contributed by atoms with Crippen molar-refractivity contribution in [1.82, 2.24) is 25.1 Å². The molecule has 1 aromatic carbocycles. The summed E-state index contributed by atoms with van der Waals surface area (Å²) in [5, 5.41) is 8.68. The number of fused-ring (bicyclic) bond motifs is 1. The van der Waals surface area contributed by atoms with E-state index in [1.807, 2.05) is 18.6 Å². The largest absolute Gasteiger partial charge is 0.306 e. The van der Waals surface area contributed by atoms with Crippen LogP contribution in [0, 0.1) is 11.6 Å². The summed E-state index contributed by atoms with van der Waals surface area (Å²) < 4.78 is 28.8. The van der Waals surface area contributed by atoms with Crippen LogP contribution in [0.4, 0.5) is 8.78 Å². The number of aromatic nitrogens is 4. The quantitative estimate of drug-likeness (QED) is 0.533. The van der Waals surface area contributed by atoms with Crippen molar-refractivity contribution in [3.05, 3.63) is 65.2 Å². The number of nitrogens with one attached hydrogen (secondary N) is 1. The predicted molar refractivity (Wildman–Crippen MR) is 99.8 cm³/mol. The van der Waals surface area contributed by atoms with E-state index in [4.69, 9.17) is 0 Å². The van der Waals surface area contributed by atoms with E-state index in [9.17, 15) is 8.78 Å². The van der Waals surface area contributed by atoms with E-state index in [1.54, 1.807) is 10.9 Å². The Morgan fingerprint density at radius 2 is 1.89 bits per heavy atom. The van der Waals surface area contributed by atoms with Gasteiger partial charge in [0.25, 0.3) is 0 Å². The first-order valence-corrected chi connectivity index (χ1v) is 9.98. The van der Waals surface area contributed by atoms with Gasteiger partial charge in [-0.1, -0.05) is 11.8 Å². The zero-order chi connectivity index (χ0) is 18.8. The third-order valence-electron chi connectivity index (χ3n) is 4.69. The van der Waals surface area contributed by atoms with Gasteiger partial charge in [-0.2, -0.15) is 5.10 Å². The average molecular weight is 387 g/mol. The minimum absolute atomic E-state index is 0.140. The topological polar surface area (TPSA) is 55.6 Å². The van der Waals surface area contributed by atoms with Gasteiger partial charge in [0.2, 0.25) is 0 Å². The second-order valence-electron chi connectivity index (χ2n) is 6.49. The highest BCUT2D eigenvalue weighted by Gasteiger charge is 2.24. The zero-order valence-corrected chi connectivity index (χ0v) is 15.6. The van der Waals surface area contributed by atoms with Crippen LogP contribution in [-0.4, -0.2) is 26.0 Å². The highest BCUT2D eigenvalue weighted by Crippen LogP contribution is 2.31. The first-order chi connectivity index (χ1) is 13.1. The molecule has 0 bridgehead atoms. The van der Waals surface area contributed by atoms with E-state index in [0.717, 1.165) is 47.3 Å². The van der Waals surface area contributed by atoms with Crippen LogP contribution in [0.25, 0.3) is 5.69 Å². The molecule has 0 aliphatic heterocycles. The molecule has 0 amide bonds. The maximum Gasteiger partial charge on any atom is 0.187 e. The highest BCUT2D eigenvalue weighted by atomic mass is 32.2. The lowest BCUT2D eigenvalue weighted by atomic mass is 9.92. The molecule has 1 N–H and O–H groups in total. The fraction of sp³-hybridized carbons (Fsp3) is 0.316. The van der Waals surface area contributed by atoms with Crippen LogP contribution in [0.2, 0.25) is 0 Å². The van der Waals surface area contributed by atoms with Crippen molar-refractivity contribution in [3.8, 4) is 5.69 Å². The zero-order valence-electron chi connectivity index (χ0n) is 14.8. The van der Waals surface area contributed by atoms with Crippen molar-refractivity contribution in [3.63, 3.8) is 0 Å². The fourth-order valence-electron chi connectivity index (χ4n) is 3.43. The summed E-state index contributed by atoms with van der Waals surface area (Å²) in [7, 11) is 0. The number of hydrogen-bond donors (Lipinski definition) is 1. The molecule has 0 radical (unpaired) electrons. The number of nitrogens with zero attached hydrogens (tertiary/aromatic N) is 4. The summed E-state index contributed by atoms with van der Waals surface area (Å²) in [6, 6.07) is 3.62. The minimum atomic E-state index is -0.603.